The summed E-state index contributed by atoms with van der Waals surface area (Å²) in [5.74, 6) is 1.79. The Morgan fingerprint density at radius 2 is 1.83 bits per heavy atom. The van der Waals surface area contributed by atoms with Gasteiger partial charge in [0.1, 0.15) is 17.9 Å². The van der Waals surface area contributed by atoms with Gasteiger partial charge in [0, 0.05) is 44.4 Å². The molecule has 0 bridgehead atoms. The van der Waals surface area contributed by atoms with Gasteiger partial charge in [-0.3, -0.25) is 4.90 Å². The summed E-state index contributed by atoms with van der Waals surface area (Å²) in [4.78, 5) is 13.3. The van der Waals surface area contributed by atoms with Gasteiger partial charge in [0.05, 0.1) is 19.4 Å². The minimum Gasteiger partial charge on any atom is -0.497 e. The Kier molecular flexibility index (Phi) is 5.05. The zero-order chi connectivity index (χ0) is 16.1. The monoisotopic (exact) mass is 314 g/mol. The third-order valence-electron chi connectivity index (χ3n) is 4.15. The summed E-state index contributed by atoms with van der Waals surface area (Å²) >= 11 is 0. The van der Waals surface area contributed by atoms with Crippen LogP contribution in [0.15, 0.2) is 36.7 Å². The molecule has 1 aliphatic heterocycles. The van der Waals surface area contributed by atoms with Crippen molar-refractivity contribution in [2.45, 2.75) is 0 Å². The molecule has 0 spiro atoms. The van der Waals surface area contributed by atoms with Crippen LogP contribution in [0.5, 0.6) is 5.75 Å². The molecule has 1 saturated heterocycles. The summed E-state index contributed by atoms with van der Waals surface area (Å²) in [7, 11) is 1.66. The van der Waals surface area contributed by atoms with E-state index >= 15 is 0 Å². The smallest absolute Gasteiger partial charge is 0.132 e. The molecule has 1 fully saturated rings. The Bertz CT molecular complexity index is 625. The molecule has 3 rings (SSSR count). The maximum absolute atomic E-state index is 9.02. The average Bonchev–Trinajstić information content (AvgIpc) is 2.63. The number of aliphatic hydroxyl groups excluding tert-OH is 1. The van der Waals surface area contributed by atoms with E-state index < -0.39 is 0 Å². The Labute approximate surface area is 136 Å². The maximum atomic E-state index is 9.02. The van der Waals surface area contributed by atoms with Gasteiger partial charge in [-0.1, -0.05) is 0 Å². The van der Waals surface area contributed by atoms with Crippen molar-refractivity contribution in [3.05, 3.63) is 36.7 Å². The Balaban J connectivity index is 1.72. The summed E-state index contributed by atoms with van der Waals surface area (Å²) in [6, 6.07) is 9.91. The SMILES string of the molecule is COc1ccc(-c2cc(N3CCN(CCO)CC3)ncn2)cc1. The fourth-order valence-electron chi connectivity index (χ4n) is 2.78. The number of methoxy groups -OCH3 is 1. The second-order valence-electron chi connectivity index (χ2n) is 5.54. The first kappa shape index (κ1) is 15.7. The molecule has 1 N–H and O–H groups in total. The predicted octanol–water partition coefficient (Wildman–Crippen LogP) is 1.27. The van der Waals surface area contributed by atoms with Crippen molar-refractivity contribution in [3.63, 3.8) is 0 Å². The standard InChI is InChI=1S/C17H22N4O2/c1-23-15-4-2-14(3-5-15)16-12-17(19-13-18-16)21-8-6-20(7-9-21)10-11-22/h2-5,12-13,22H,6-11H2,1H3. The van der Waals surface area contributed by atoms with Gasteiger partial charge in [0.15, 0.2) is 0 Å². The molecule has 1 aromatic carbocycles. The van der Waals surface area contributed by atoms with Gasteiger partial charge < -0.3 is 14.7 Å². The van der Waals surface area contributed by atoms with Crippen LogP contribution in [0.4, 0.5) is 5.82 Å². The summed E-state index contributed by atoms with van der Waals surface area (Å²) in [5.41, 5.74) is 1.96. The van der Waals surface area contributed by atoms with Crippen LogP contribution in [-0.4, -0.2) is 66.4 Å². The normalized spacial score (nSPS) is 15.7. The highest BCUT2D eigenvalue weighted by Gasteiger charge is 2.18. The molecule has 0 saturated carbocycles. The molecule has 2 aromatic rings. The average molecular weight is 314 g/mol. The summed E-state index contributed by atoms with van der Waals surface area (Å²) < 4.78 is 5.19. The highest BCUT2D eigenvalue weighted by Crippen LogP contribution is 2.23. The number of ether oxygens (including phenoxy) is 1. The molecule has 0 unspecified atom stereocenters. The number of aromatic nitrogens is 2. The molecule has 0 atom stereocenters. The maximum Gasteiger partial charge on any atom is 0.132 e. The summed E-state index contributed by atoms with van der Waals surface area (Å²) in [5, 5.41) is 9.02. The molecule has 122 valence electrons. The van der Waals surface area contributed by atoms with E-state index in [1.165, 1.54) is 0 Å². The first-order chi connectivity index (χ1) is 11.3. The largest absolute Gasteiger partial charge is 0.497 e. The number of piperazine rings is 1. The zero-order valence-electron chi connectivity index (χ0n) is 13.4. The molecule has 6 heteroatoms. The fraction of sp³-hybridized carbons (Fsp3) is 0.412. The highest BCUT2D eigenvalue weighted by molar-refractivity contribution is 5.63. The van der Waals surface area contributed by atoms with Gasteiger partial charge >= 0.3 is 0 Å². The first-order valence-corrected chi connectivity index (χ1v) is 7.85. The number of benzene rings is 1. The minimum atomic E-state index is 0.217. The summed E-state index contributed by atoms with van der Waals surface area (Å²) in [6.45, 7) is 4.69. The van der Waals surface area contributed by atoms with E-state index in [2.05, 4.69) is 19.8 Å². The zero-order valence-corrected chi connectivity index (χ0v) is 13.4. The predicted molar refractivity (Wildman–Crippen MR) is 89.8 cm³/mol. The van der Waals surface area contributed by atoms with E-state index in [1.54, 1.807) is 13.4 Å². The van der Waals surface area contributed by atoms with E-state index in [0.717, 1.165) is 55.5 Å². The minimum absolute atomic E-state index is 0.217. The molecule has 2 heterocycles. The van der Waals surface area contributed by atoms with Crippen LogP contribution >= 0.6 is 0 Å². The fourth-order valence-corrected chi connectivity index (χ4v) is 2.78. The van der Waals surface area contributed by atoms with Gasteiger partial charge in [-0.25, -0.2) is 9.97 Å². The van der Waals surface area contributed by atoms with E-state index in [-0.39, 0.29) is 6.61 Å². The van der Waals surface area contributed by atoms with Crippen molar-refractivity contribution in [1.82, 2.24) is 14.9 Å². The Morgan fingerprint density at radius 3 is 2.48 bits per heavy atom. The number of anilines is 1. The lowest BCUT2D eigenvalue weighted by Crippen LogP contribution is -2.47. The van der Waals surface area contributed by atoms with Crippen molar-refractivity contribution in [1.29, 1.82) is 0 Å². The molecule has 0 aliphatic carbocycles. The molecule has 1 aromatic heterocycles. The van der Waals surface area contributed by atoms with Crippen LogP contribution in [0.1, 0.15) is 0 Å². The number of β-amino-alcohol motifs (C(OH)–C–C–N with tert-alkyl or cyclic N) is 1. The molecule has 6 nitrogen and oxygen atoms in total. The molecular weight excluding hydrogens is 292 g/mol. The van der Waals surface area contributed by atoms with E-state index in [0.29, 0.717) is 0 Å². The van der Waals surface area contributed by atoms with Gasteiger partial charge in [0.25, 0.3) is 0 Å². The quantitative estimate of drug-likeness (QED) is 0.897. The number of hydrogen-bond acceptors (Lipinski definition) is 6. The molecule has 0 amide bonds. The number of hydrogen-bond donors (Lipinski definition) is 1. The third kappa shape index (κ3) is 3.78. The van der Waals surface area contributed by atoms with Crippen LogP contribution in [0.25, 0.3) is 11.3 Å². The molecule has 23 heavy (non-hydrogen) atoms. The number of aliphatic hydroxyl groups is 1. The van der Waals surface area contributed by atoms with Gasteiger partial charge in [-0.05, 0) is 24.3 Å². The second-order valence-corrected chi connectivity index (χ2v) is 5.54. The van der Waals surface area contributed by atoms with Crippen LogP contribution in [0.3, 0.4) is 0 Å². The van der Waals surface area contributed by atoms with E-state index in [1.807, 2.05) is 30.3 Å². The van der Waals surface area contributed by atoms with Gasteiger partial charge in [-0.15, -0.1) is 0 Å². The van der Waals surface area contributed by atoms with Gasteiger partial charge in [0.2, 0.25) is 0 Å². The first-order valence-electron chi connectivity index (χ1n) is 7.85. The lowest BCUT2D eigenvalue weighted by Gasteiger charge is -2.35. The van der Waals surface area contributed by atoms with E-state index in [9.17, 15) is 0 Å². The molecular formula is C17H22N4O2. The highest BCUT2D eigenvalue weighted by atomic mass is 16.5. The van der Waals surface area contributed by atoms with Crippen LogP contribution in [0.2, 0.25) is 0 Å². The lowest BCUT2D eigenvalue weighted by molar-refractivity contribution is 0.188. The third-order valence-corrected chi connectivity index (χ3v) is 4.15. The topological polar surface area (TPSA) is 61.7 Å². The van der Waals surface area contributed by atoms with Crippen molar-refractivity contribution < 1.29 is 9.84 Å². The van der Waals surface area contributed by atoms with Crippen LogP contribution in [0, 0.1) is 0 Å². The lowest BCUT2D eigenvalue weighted by atomic mass is 10.1. The van der Waals surface area contributed by atoms with Crippen molar-refractivity contribution >= 4 is 5.82 Å². The van der Waals surface area contributed by atoms with Crippen LogP contribution in [-0.2, 0) is 0 Å². The number of rotatable bonds is 5. The van der Waals surface area contributed by atoms with Crippen molar-refractivity contribution in [2.75, 3.05) is 51.3 Å². The Morgan fingerprint density at radius 1 is 1.09 bits per heavy atom. The van der Waals surface area contributed by atoms with Gasteiger partial charge in [-0.2, -0.15) is 0 Å². The summed E-state index contributed by atoms with van der Waals surface area (Å²) in [6.07, 6.45) is 1.62. The van der Waals surface area contributed by atoms with Crippen LogP contribution < -0.4 is 9.64 Å². The van der Waals surface area contributed by atoms with E-state index in [4.69, 9.17) is 9.84 Å². The van der Waals surface area contributed by atoms with Crippen molar-refractivity contribution in [2.24, 2.45) is 0 Å². The second kappa shape index (κ2) is 7.39. The Hall–Kier alpha value is -2.18. The molecule has 0 radical (unpaired) electrons. The van der Waals surface area contributed by atoms with Crippen molar-refractivity contribution in [3.8, 4) is 17.0 Å². The number of nitrogens with zero attached hydrogens (tertiary/aromatic N) is 4. The molecule has 1 aliphatic rings.